The summed E-state index contributed by atoms with van der Waals surface area (Å²) >= 11 is 0. The fourth-order valence-corrected chi connectivity index (χ4v) is 15.1. The second-order valence-electron chi connectivity index (χ2n) is 23.8. The van der Waals surface area contributed by atoms with Gasteiger partial charge >= 0.3 is 41.8 Å². The molecular weight excluding hydrogens is 969 g/mol. The fourth-order valence-electron chi connectivity index (χ4n) is 15.1. The second-order valence-corrected chi connectivity index (χ2v) is 23.8. The number of methoxy groups -OCH3 is 2. The third kappa shape index (κ3) is 9.93. The first-order chi connectivity index (χ1) is 34.4. The number of carbonyl (C=O) groups is 9. The van der Waals surface area contributed by atoms with Crippen molar-refractivity contribution in [2.24, 2.45) is 50.2 Å². The lowest BCUT2D eigenvalue weighted by Gasteiger charge is -2.70. The quantitative estimate of drug-likeness (QED) is 0.103. The van der Waals surface area contributed by atoms with E-state index in [1.165, 1.54) is 5.57 Å². The number of ketones is 1. The lowest BCUT2D eigenvalue weighted by molar-refractivity contribution is -0.372. The molecule has 4 saturated carbocycles. The Kier molecular flexibility index (Phi) is 15.9. The van der Waals surface area contributed by atoms with Crippen LogP contribution in [0.15, 0.2) is 11.6 Å². The van der Waals surface area contributed by atoms with Crippen molar-refractivity contribution in [1.82, 2.24) is 0 Å². The van der Waals surface area contributed by atoms with Gasteiger partial charge in [-0.3, -0.25) is 28.8 Å². The van der Waals surface area contributed by atoms with Crippen LogP contribution in [-0.4, -0.2) is 136 Å². The van der Waals surface area contributed by atoms with Crippen LogP contribution < -0.4 is 0 Å². The van der Waals surface area contributed by atoms with Crippen molar-refractivity contribution in [3.63, 3.8) is 0 Å². The van der Waals surface area contributed by atoms with Crippen LogP contribution >= 0.6 is 0 Å². The normalized spacial score (nSPS) is 43.2. The van der Waals surface area contributed by atoms with Gasteiger partial charge in [-0.1, -0.05) is 54.0 Å². The molecule has 19 atom stereocenters. The SMILES string of the molecule is COC(=O)[C@H]1O[C@@H](O[C@H]2[C@H](O[C@H]3CC[C@]4(C)[C@H]5C(=O)C=C6[C@@H]7C[C@@](C)(C=O)CC[C@]7(C)CC[C@@]6(C)[C@]5(C)CC[C@H]4C3(C)C)O[C@H](C(=O)OC)[C@@H](OC(C)=O)[C@@H]2OC(C)=O)[C@H](OC(C)=O)[C@@H](OC(C)=O)[C@@H]1OC(C)=O. The Labute approximate surface area is 432 Å². The number of allylic oxidation sites excluding steroid dienone is 2. The van der Waals surface area contributed by atoms with Crippen LogP contribution in [0, 0.1) is 50.2 Å². The summed E-state index contributed by atoms with van der Waals surface area (Å²) in [7, 11) is 2.10. The second kappa shape index (κ2) is 20.6. The van der Waals surface area contributed by atoms with E-state index in [-0.39, 0.29) is 34.4 Å². The number of hydrogen-bond donors (Lipinski definition) is 0. The van der Waals surface area contributed by atoms with Crippen molar-refractivity contribution in [2.75, 3.05) is 14.2 Å². The Morgan fingerprint density at radius 3 is 1.55 bits per heavy atom. The zero-order valence-corrected chi connectivity index (χ0v) is 45.3. The molecule has 74 heavy (non-hydrogen) atoms. The maximum Gasteiger partial charge on any atom is 0.339 e. The molecule has 6 fully saturated rings. The minimum atomic E-state index is -1.99. The number of rotatable bonds is 12. The number of fused-ring (bicyclic) bond motifs is 7. The lowest BCUT2D eigenvalue weighted by atomic mass is 9.33. The summed E-state index contributed by atoms with van der Waals surface area (Å²) in [5, 5.41) is 0. The Balaban J connectivity index is 1.29. The smallest absolute Gasteiger partial charge is 0.339 e. The molecule has 7 rings (SSSR count). The number of esters is 7. The van der Waals surface area contributed by atoms with Crippen LogP contribution in [0.3, 0.4) is 0 Å². The fraction of sp³-hybridized carbons (Fsp3) is 0.796. The topological polar surface area (TPSA) is 255 Å². The molecule has 0 amide bonds. The van der Waals surface area contributed by atoms with Gasteiger partial charge in [-0.2, -0.15) is 0 Å². The minimum absolute atomic E-state index is 0.0119. The van der Waals surface area contributed by atoms with E-state index in [0.717, 1.165) is 93.6 Å². The van der Waals surface area contributed by atoms with Crippen LogP contribution in [0.2, 0.25) is 0 Å². The molecular formula is C54H76O20. The van der Waals surface area contributed by atoms with E-state index < -0.39 is 131 Å². The van der Waals surface area contributed by atoms with Gasteiger partial charge in [-0.05, 0) is 103 Å². The van der Waals surface area contributed by atoms with Crippen molar-refractivity contribution in [3.05, 3.63) is 11.6 Å². The zero-order valence-electron chi connectivity index (χ0n) is 45.3. The highest BCUT2D eigenvalue weighted by Gasteiger charge is 2.71. The molecule has 0 spiro atoms. The largest absolute Gasteiger partial charge is 0.467 e. The molecule has 2 saturated heterocycles. The van der Waals surface area contributed by atoms with Gasteiger partial charge in [-0.15, -0.1) is 0 Å². The molecule has 20 nitrogen and oxygen atoms in total. The van der Waals surface area contributed by atoms with Crippen LogP contribution in [0.5, 0.6) is 0 Å². The van der Waals surface area contributed by atoms with E-state index in [1.807, 2.05) is 13.0 Å². The molecule has 0 N–H and O–H groups in total. The molecule has 0 aromatic carbocycles. The number of ether oxygens (including phenoxy) is 11. The van der Waals surface area contributed by atoms with E-state index in [1.54, 1.807) is 0 Å². The van der Waals surface area contributed by atoms with E-state index in [2.05, 4.69) is 41.5 Å². The molecule has 2 aliphatic heterocycles. The van der Waals surface area contributed by atoms with E-state index >= 15 is 4.79 Å². The van der Waals surface area contributed by atoms with E-state index in [0.29, 0.717) is 19.3 Å². The molecule has 20 heteroatoms. The summed E-state index contributed by atoms with van der Waals surface area (Å²) in [5.74, 6) is -7.16. The van der Waals surface area contributed by atoms with Gasteiger partial charge in [0.05, 0.1) is 20.3 Å². The van der Waals surface area contributed by atoms with Crippen molar-refractivity contribution in [1.29, 1.82) is 0 Å². The number of aldehydes is 1. The highest BCUT2D eigenvalue weighted by molar-refractivity contribution is 5.95. The minimum Gasteiger partial charge on any atom is -0.467 e. The molecule has 7 aliphatic rings. The number of hydrogen-bond acceptors (Lipinski definition) is 20. The van der Waals surface area contributed by atoms with Crippen LogP contribution in [0.1, 0.15) is 141 Å². The first-order valence-corrected chi connectivity index (χ1v) is 25.8. The Morgan fingerprint density at radius 2 is 1.05 bits per heavy atom. The van der Waals surface area contributed by atoms with Gasteiger partial charge in [0.15, 0.2) is 60.9 Å². The van der Waals surface area contributed by atoms with Gasteiger partial charge in [0.25, 0.3) is 0 Å². The van der Waals surface area contributed by atoms with Gasteiger partial charge in [0.2, 0.25) is 6.29 Å². The van der Waals surface area contributed by atoms with Crippen LogP contribution in [0.25, 0.3) is 0 Å². The maximum atomic E-state index is 15.2. The highest BCUT2D eigenvalue weighted by Crippen LogP contribution is 2.75. The monoisotopic (exact) mass is 1040 g/mol. The first kappa shape index (κ1) is 56.9. The molecule has 0 bridgehead atoms. The average molecular weight is 1050 g/mol. The maximum absolute atomic E-state index is 15.2. The van der Waals surface area contributed by atoms with Gasteiger partial charge in [0.1, 0.15) is 6.29 Å². The van der Waals surface area contributed by atoms with Crippen LogP contribution in [-0.2, 0) is 95.3 Å². The van der Waals surface area contributed by atoms with Crippen molar-refractivity contribution in [2.45, 2.75) is 208 Å². The van der Waals surface area contributed by atoms with Crippen molar-refractivity contribution >= 4 is 53.9 Å². The molecule has 0 radical (unpaired) electrons. The third-order valence-electron chi connectivity index (χ3n) is 18.8. The molecule has 412 valence electrons. The van der Waals surface area contributed by atoms with E-state index in [4.69, 9.17) is 52.1 Å². The number of carbonyl (C=O) groups excluding carboxylic acids is 9. The van der Waals surface area contributed by atoms with Gasteiger partial charge in [0, 0.05) is 46.0 Å². The van der Waals surface area contributed by atoms with Gasteiger partial charge < -0.3 is 56.9 Å². The molecule has 2 heterocycles. The summed E-state index contributed by atoms with van der Waals surface area (Å²) in [4.78, 5) is 119. The Morgan fingerprint density at radius 1 is 0.581 bits per heavy atom. The summed E-state index contributed by atoms with van der Waals surface area (Å²) in [5.41, 5.74) is -1.30. The van der Waals surface area contributed by atoms with Crippen LogP contribution in [0.4, 0.5) is 0 Å². The molecule has 0 aromatic rings. The Bertz CT molecular complexity index is 2310. The zero-order chi connectivity index (χ0) is 54.8. The standard InChI is InChI=1S/C54H76O20/c1-26(56)66-36-38(68-28(3)58)42(70-30(5)60)48(73-41(36)46(63)65-14)74-43-39(69-29(4)59)37(67-27(2)57)40(45(62)64-13)72-47(43)71-35-16-17-52(10)34(49(35,6)7)15-18-54(12)44(52)33(61)23-31-32-24-50(8,25-55)19-20-51(32,9)21-22-53(31,54)11/h23,25,32,34-44,47-48H,15-22,24H2,1-14H3/t32-,34-,35-,36-,37-,38-,39-,40-,41-,42+,43+,44+,47+,48-,50-,51+,52-,53+,54+/m0/s1. The molecule has 0 aromatic heterocycles. The van der Waals surface area contributed by atoms with Crippen molar-refractivity contribution < 1.29 is 95.3 Å². The average Bonchev–Trinajstić information content (AvgIpc) is 3.30. The van der Waals surface area contributed by atoms with Crippen molar-refractivity contribution in [3.8, 4) is 0 Å². The van der Waals surface area contributed by atoms with Gasteiger partial charge in [-0.25, -0.2) is 9.59 Å². The summed E-state index contributed by atoms with van der Waals surface area (Å²) in [6.07, 6.45) is -9.09. The molecule has 5 aliphatic carbocycles. The Hall–Kier alpha value is -4.79. The highest BCUT2D eigenvalue weighted by atomic mass is 16.8. The third-order valence-corrected chi connectivity index (χ3v) is 18.8. The lowest BCUT2D eigenvalue weighted by Crippen LogP contribution is -2.69. The predicted molar refractivity (Wildman–Crippen MR) is 254 cm³/mol. The summed E-state index contributed by atoms with van der Waals surface area (Å²) in [6.45, 7) is 20.5. The first-order valence-electron chi connectivity index (χ1n) is 25.8. The summed E-state index contributed by atoms with van der Waals surface area (Å²) in [6, 6.07) is 0. The van der Waals surface area contributed by atoms with E-state index in [9.17, 15) is 38.4 Å². The molecule has 0 unspecified atom stereocenters. The predicted octanol–water partition coefficient (Wildman–Crippen LogP) is 5.39. The summed E-state index contributed by atoms with van der Waals surface area (Å²) < 4.78 is 64.4.